The smallest absolute Gasteiger partial charge is 0.278 e. The van der Waals surface area contributed by atoms with Gasteiger partial charge in [-0.25, -0.2) is 0 Å². The van der Waals surface area contributed by atoms with Crippen LogP contribution in [0.15, 0.2) is 58.1 Å². The lowest BCUT2D eigenvalue weighted by Gasteiger charge is -2.28. The highest BCUT2D eigenvalue weighted by Gasteiger charge is 2.41. The minimum Gasteiger partial charge on any atom is -0.507 e. The average molecular weight is 532 g/mol. The summed E-state index contributed by atoms with van der Waals surface area (Å²) < 4.78 is 5.20. The minimum atomic E-state index is -0.690. The molecule has 3 N–H and O–H groups in total. The Kier molecular flexibility index (Phi) is 7.69. The number of aliphatic hydroxyl groups excluding tert-OH is 1. The molecule has 2 heterocycles. The predicted molar refractivity (Wildman–Crippen MR) is 143 cm³/mol. The number of carbonyl (C=O) groups excluding carboxylic acids is 1. The van der Waals surface area contributed by atoms with E-state index in [1.54, 1.807) is 13.2 Å². The number of hydrogen-bond acceptors (Lipinski definition) is 9. The van der Waals surface area contributed by atoms with Crippen molar-refractivity contribution in [3.05, 3.63) is 75.9 Å². The molecule has 1 aliphatic carbocycles. The summed E-state index contributed by atoms with van der Waals surface area (Å²) in [4.78, 5) is 14.9. The molecule has 3 atom stereocenters. The third-order valence-electron chi connectivity index (χ3n) is 7.80. The highest BCUT2D eigenvalue weighted by Crippen LogP contribution is 2.45. The first-order valence-corrected chi connectivity index (χ1v) is 13.2. The molecule has 1 aliphatic heterocycles. The number of aliphatic hydroxyl groups is 1. The molecule has 3 aromatic rings. The number of azo groups is 1. The number of ether oxygens (including phenoxy) is 1. The predicted octanol–water partition coefficient (Wildman–Crippen LogP) is 5.05. The summed E-state index contributed by atoms with van der Waals surface area (Å²) in [5, 5.41) is 45.2. The van der Waals surface area contributed by atoms with Gasteiger partial charge in [0.25, 0.3) is 5.91 Å². The largest absolute Gasteiger partial charge is 0.507 e. The Morgan fingerprint density at radius 3 is 2.67 bits per heavy atom. The number of H-pyrrole nitrogens is 1. The number of aromatic amines is 1. The summed E-state index contributed by atoms with van der Waals surface area (Å²) in [7, 11) is 1.56. The second-order valence-electron chi connectivity index (χ2n) is 10.2. The molecule has 1 amide bonds. The SMILES string of the molecule is COCCN1C(=O)C(N=Nc2cccc(C3CCCC(c4nn[nH]n4)C3)c2O)=C(O)C1c1ccc(C)c(C)c1. The van der Waals surface area contributed by atoms with Crippen molar-refractivity contribution in [3.63, 3.8) is 0 Å². The van der Waals surface area contributed by atoms with Crippen molar-refractivity contribution < 1.29 is 19.7 Å². The molecule has 2 aliphatic rings. The van der Waals surface area contributed by atoms with E-state index >= 15 is 0 Å². The van der Waals surface area contributed by atoms with Gasteiger partial charge in [0.2, 0.25) is 0 Å². The summed E-state index contributed by atoms with van der Waals surface area (Å²) in [5.41, 5.74) is 3.82. The second-order valence-corrected chi connectivity index (χ2v) is 10.2. The number of tetrazole rings is 1. The first-order valence-electron chi connectivity index (χ1n) is 13.2. The number of aryl methyl sites for hydroxylation is 2. The number of amides is 1. The molecular weight excluding hydrogens is 498 g/mol. The third kappa shape index (κ3) is 5.26. The van der Waals surface area contributed by atoms with Crippen LogP contribution in [-0.4, -0.2) is 61.9 Å². The number of hydrogen-bond donors (Lipinski definition) is 3. The van der Waals surface area contributed by atoms with Gasteiger partial charge in [0.05, 0.1) is 6.61 Å². The molecule has 0 radical (unpaired) electrons. The van der Waals surface area contributed by atoms with Gasteiger partial charge in [0.15, 0.2) is 17.3 Å². The summed E-state index contributed by atoms with van der Waals surface area (Å²) in [6, 6.07) is 10.5. The molecule has 3 unspecified atom stereocenters. The lowest BCUT2D eigenvalue weighted by molar-refractivity contribution is -0.128. The van der Waals surface area contributed by atoms with Gasteiger partial charge in [-0.3, -0.25) is 4.79 Å². The highest BCUT2D eigenvalue weighted by molar-refractivity contribution is 5.97. The molecule has 1 fully saturated rings. The zero-order chi connectivity index (χ0) is 27.5. The molecule has 1 aromatic heterocycles. The van der Waals surface area contributed by atoms with Crippen molar-refractivity contribution in [1.29, 1.82) is 0 Å². The van der Waals surface area contributed by atoms with E-state index in [0.717, 1.165) is 47.9 Å². The zero-order valence-corrected chi connectivity index (χ0v) is 22.3. The molecule has 204 valence electrons. The number of phenols is 1. The van der Waals surface area contributed by atoms with E-state index in [-0.39, 0.29) is 41.3 Å². The maximum absolute atomic E-state index is 13.3. The second kappa shape index (κ2) is 11.3. The molecule has 0 saturated heterocycles. The van der Waals surface area contributed by atoms with Crippen LogP contribution in [0.1, 0.15) is 71.6 Å². The van der Waals surface area contributed by atoms with Gasteiger partial charge >= 0.3 is 0 Å². The maximum atomic E-state index is 13.3. The fraction of sp³-hybridized carbons (Fsp3) is 0.429. The number of nitrogens with zero attached hydrogens (tertiary/aromatic N) is 6. The van der Waals surface area contributed by atoms with Crippen LogP contribution in [0.4, 0.5) is 5.69 Å². The van der Waals surface area contributed by atoms with Crippen molar-refractivity contribution in [2.24, 2.45) is 10.2 Å². The van der Waals surface area contributed by atoms with Gasteiger partial charge in [-0.15, -0.1) is 20.4 Å². The van der Waals surface area contributed by atoms with E-state index in [2.05, 4.69) is 30.9 Å². The standard InChI is InChI=1S/C28H33N7O4/c1-16-10-11-19(14-17(16)2)24-26(37)23(28(38)35(24)12-13-39-3)30-29-22-9-5-8-21(25(22)36)18-6-4-7-20(15-18)27-31-33-34-32-27/h5,8-11,14,18,20,24,36-37H,4,6-7,12-13,15H2,1-3H3,(H,31,32,33,34). The van der Waals surface area contributed by atoms with Crippen LogP contribution in [0.3, 0.4) is 0 Å². The molecule has 11 heteroatoms. The van der Waals surface area contributed by atoms with Gasteiger partial charge < -0.3 is 19.8 Å². The number of carbonyl (C=O) groups is 1. The van der Waals surface area contributed by atoms with E-state index in [9.17, 15) is 15.0 Å². The summed E-state index contributed by atoms with van der Waals surface area (Å²) in [5.74, 6) is 0.347. The van der Waals surface area contributed by atoms with Gasteiger partial charge in [0.1, 0.15) is 17.5 Å². The lowest BCUT2D eigenvalue weighted by Crippen LogP contribution is -2.33. The Morgan fingerprint density at radius 2 is 1.92 bits per heavy atom. The summed E-state index contributed by atoms with van der Waals surface area (Å²) in [6.45, 7) is 4.58. The quantitative estimate of drug-likeness (QED) is 0.344. The monoisotopic (exact) mass is 531 g/mol. The van der Waals surface area contributed by atoms with Crippen LogP contribution >= 0.6 is 0 Å². The third-order valence-corrected chi connectivity index (χ3v) is 7.80. The van der Waals surface area contributed by atoms with Crippen LogP contribution < -0.4 is 0 Å². The van der Waals surface area contributed by atoms with Crippen molar-refractivity contribution >= 4 is 11.6 Å². The van der Waals surface area contributed by atoms with E-state index in [1.807, 2.05) is 44.2 Å². The van der Waals surface area contributed by atoms with Crippen LogP contribution in [-0.2, 0) is 9.53 Å². The Labute approximate surface area is 226 Å². The average Bonchev–Trinajstić information content (AvgIpc) is 3.56. The van der Waals surface area contributed by atoms with Crippen molar-refractivity contribution in [2.45, 2.75) is 57.4 Å². The number of methoxy groups -OCH3 is 1. The molecule has 5 rings (SSSR count). The fourth-order valence-electron chi connectivity index (χ4n) is 5.54. The van der Waals surface area contributed by atoms with Crippen molar-refractivity contribution in [1.82, 2.24) is 25.5 Å². The Hall–Kier alpha value is -4.12. The number of phenolic OH excluding ortho intramolecular Hbond substituents is 1. The van der Waals surface area contributed by atoms with E-state index < -0.39 is 11.9 Å². The first kappa shape index (κ1) is 26.5. The topological polar surface area (TPSA) is 149 Å². The van der Waals surface area contributed by atoms with Gasteiger partial charge in [-0.2, -0.15) is 5.21 Å². The number of aromatic hydroxyl groups is 1. The number of nitrogens with one attached hydrogen (secondary N) is 1. The molecule has 0 spiro atoms. The Morgan fingerprint density at radius 1 is 1.10 bits per heavy atom. The van der Waals surface area contributed by atoms with Crippen LogP contribution in [0.2, 0.25) is 0 Å². The van der Waals surface area contributed by atoms with Gasteiger partial charge in [0, 0.05) is 19.6 Å². The number of rotatable bonds is 8. The molecule has 1 saturated carbocycles. The van der Waals surface area contributed by atoms with E-state index in [4.69, 9.17) is 4.74 Å². The molecule has 2 aromatic carbocycles. The van der Waals surface area contributed by atoms with Gasteiger partial charge in [-0.1, -0.05) is 42.0 Å². The van der Waals surface area contributed by atoms with Crippen LogP contribution in [0.5, 0.6) is 5.75 Å². The zero-order valence-electron chi connectivity index (χ0n) is 22.3. The van der Waals surface area contributed by atoms with Crippen molar-refractivity contribution in [2.75, 3.05) is 20.3 Å². The molecular formula is C28H33N7O4. The van der Waals surface area contributed by atoms with Crippen molar-refractivity contribution in [3.8, 4) is 5.75 Å². The van der Waals surface area contributed by atoms with Crippen LogP contribution in [0.25, 0.3) is 0 Å². The first-order chi connectivity index (χ1) is 18.9. The number of para-hydroxylation sites is 1. The maximum Gasteiger partial charge on any atom is 0.278 e. The molecule has 0 bridgehead atoms. The Bertz CT molecular complexity index is 1400. The normalized spacial score (nSPS) is 21.9. The lowest BCUT2D eigenvalue weighted by atomic mass is 9.77. The fourth-order valence-corrected chi connectivity index (χ4v) is 5.54. The Balaban J connectivity index is 1.42. The van der Waals surface area contributed by atoms with Gasteiger partial charge in [-0.05, 0) is 67.3 Å². The molecule has 39 heavy (non-hydrogen) atoms. The highest BCUT2D eigenvalue weighted by atomic mass is 16.5. The van der Waals surface area contributed by atoms with Crippen LogP contribution in [0, 0.1) is 13.8 Å². The summed E-state index contributed by atoms with van der Waals surface area (Å²) in [6.07, 6.45) is 3.64. The number of aromatic nitrogens is 4. The van der Waals surface area contributed by atoms with E-state index in [1.165, 1.54) is 4.90 Å². The number of benzene rings is 2. The van der Waals surface area contributed by atoms with E-state index in [0.29, 0.717) is 12.4 Å². The minimum absolute atomic E-state index is 0.0208. The molecule has 11 nitrogen and oxygen atoms in total. The summed E-state index contributed by atoms with van der Waals surface area (Å²) >= 11 is 0.